The second-order valence-electron chi connectivity index (χ2n) is 6.66. The molecule has 0 N–H and O–H groups in total. The lowest BCUT2D eigenvalue weighted by molar-refractivity contribution is -0.117. The first-order valence-electron chi connectivity index (χ1n) is 7.38. The summed E-state index contributed by atoms with van der Waals surface area (Å²) in [6.45, 7) is 12.9. The third-order valence-corrected chi connectivity index (χ3v) is 3.85. The van der Waals surface area contributed by atoms with Crippen molar-refractivity contribution in [2.24, 2.45) is 0 Å². The van der Waals surface area contributed by atoms with Crippen molar-refractivity contribution in [1.82, 2.24) is 0 Å². The highest BCUT2D eigenvalue weighted by molar-refractivity contribution is 5.75. The minimum Gasteiger partial charge on any atom is -0.300 e. The second kappa shape index (κ2) is 6.36. The van der Waals surface area contributed by atoms with Crippen LogP contribution in [-0.2, 0) is 16.6 Å². The lowest BCUT2D eigenvalue weighted by atomic mass is 9.82. The molecular weight excluding hydrogens is 232 g/mol. The van der Waals surface area contributed by atoms with E-state index in [0.29, 0.717) is 12.3 Å². The Hall–Kier alpha value is -1.11. The highest BCUT2D eigenvalue weighted by atomic mass is 16.1. The Balaban J connectivity index is 3.05. The van der Waals surface area contributed by atoms with Crippen molar-refractivity contribution in [1.29, 1.82) is 0 Å². The molecule has 1 rings (SSSR count). The zero-order valence-electron chi connectivity index (χ0n) is 13.3. The van der Waals surface area contributed by atoms with Crippen LogP contribution in [0.3, 0.4) is 0 Å². The van der Waals surface area contributed by atoms with Crippen LogP contribution in [-0.4, -0.2) is 5.78 Å². The molecule has 0 radical (unpaired) electrons. The summed E-state index contributed by atoms with van der Waals surface area (Å²) >= 11 is 0. The summed E-state index contributed by atoms with van der Waals surface area (Å²) in [5.74, 6) is 0.748. The summed E-state index contributed by atoms with van der Waals surface area (Å²) in [6.07, 6.45) is 2.70. The van der Waals surface area contributed by atoms with Gasteiger partial charge in [0.25, 0.3) is 0 Å². The third kappa shape index (κ3) is 4.49. The molecule has 0 saturated heterocycles. The smallest absolute Gasteiger partial charge is 0.129 e. The lowest BCUT2D eigenvalue weighted by Crippen LogP contribution is -2.13. The number of ketones is 1. The van der Waals surface area contributed by atoms with Crippen LogP contribution in [0.4, 0.5) is 0 Å². The van der Waals surface area contributed by atoms with Crippen LogP contribution in [0.5, 0.6) is 0 Å². The SMILES string of the molecule is CCc1ccc(C(C)(C)C)cc1C(C)CCC(C)=O. The maximum atomic E-state index is 11.2. The first-order valence-corrected chi connectivity index (χ1v) is 7.38. The molecule has 1 unspecified atom stereocenters. The molecule has 0 aromatic heterocycles. The number of aryl methyl sites for hydroxylation is 1. The van der Waals surface area contributed by atoms with Gasteiger partial charge in [-0.15, -0.1) is 0 Å². The largest absolute Gasteiger partial charge is 0.300 e. The minimum atomic E-state index is 0.182. The summed E-state index contributed by atoms with van der Waals surface area (Å²) in [7, 11) is 0. The normalized spacial score (nSPS) is 13.4. The maximum Gasteiger partial charge on any atom is 0.129 e. The van der Waals surface area contributed by atoms with Gasteiger partial charge in [-0.25, -0.2) is 0 Å². The fourth-order valence-electron chi connectivity index (χ4n) is 2.42. The first-order chi connectivity index (χ1) is 8.75. The van der Waals surface area contributed by atoms with E-state index in [-0.39, 0.29) is 11.2 Å². The lowest BCUT2D eigenvalue weighted by Gasteiger charge is -2.23. The van der Waals surface area contributed by atoms with Crippen LogP contribution in [0.1, 0.15) is 77.0 Å². The molecule has 0 saturated carbocycles. The summed E-state index contributed by atoms with van der Waals surface area (Å²) in [5, 5.41) is 0. The van der Waals surface area contributed by atoms with Crippen molar-refractivity contribution in [2.75, 3.05) is 0 Å². The van der Waals surface area contributed by atoms with Gasteiger partial charge in [0.2, 0.25) is 0 Å². The standard InChI is InChI=1S/C18H28O/c1-7-15-10-11-16(18(4,5)6)12-17(15)13(2)8-9-14(3)19/h10-13H,7-9H2,1-6H3. The molecule has 1 atom stereocenters. The highest BCUT2D eigenvalue weighted by Crippen LogP contribution is 2.30. The second-order valence-corrected chi connectivity index (χ2v) is 6.66. The molecule has 1 nitrogen and oxygen atoms in total. The van der Waals surface area contributed by atoms with Crippen LogP contribution >= 0.6 is 0 Å². The van der Waals surface area contributed by atoms with Crippen LogP contribution in [0.15, 0.2) is 18.2 Å². The van der Waals surface area contributed by atoms with Gasteiger partial charge < -0.3 is 4.79 Å². The van der Waals surface area contributed by atoms with E-state index in [1.807, 2.05) is 0 Å². The van der Waals surface area contributed by atoms with Gasteiger partial charge >= 0.3 is 0 Å². The number of Topliss-reactive ketones (excluding diaryl/α,β-unsaturated/α-hetero) is 1. The summed E-state index contributed by atoms with van der Waals surface area (Å²) in [5.41, 5.74) is 4.41. The molecule has 1 aromatic carbocycles. The zero-order valence-corrected chi connectivity index (χ0v) is 13.3. The number of carbonyl (C=O) groups is 1. The van der Waals surface area contributed by atoms with Crippen LogP contribution in [0.2, 0.25) is 0 Å². The molecule has 0 amide bonds. The highest BCUT2D eigenvalue weighted by Gasteiger charge is 2.17. The van der Waals surface area contributed by atoms with E-state index in [2.05, 4.69) is 52.8 Å². The van der Waals surface area contributed by atoms with E-state index >= 15 is 0 Å². The van der Waals surface area contributed by atoms with Gasteiger partial charge in [-0.3, -0.25) is 0 Å². The maximum absolute atomic E-state index is 11.2. The summed E-state index contributed by atoms with van der Waals surface area (Å²) in [4.78, 5) is 11.2. The van der Waals surface area contributed by atoms with Crippen molar-refractivity contribution in [2.45, 2.75) is 72.1 Å². The van der Waals surface area contributed by atoms with Crippen molar-refractivity contribution in [3.05, 3.63) is 34.9 Å². The number of hydrogen-bond donors (Lipinski definition) is 0. The molecule has 0 aliphatic rings. The average molecular weight is 260 g/mol. The fourth-order valence-corrected chi connectivity index (χ4v) is 2.42. The molecule has 0 spiro atoms. The molecule has 0 aliphatic heterocycles. The number of benzene rings is 1. The van der Waals surface area contributed by atoms with Gasteiger partial charge in [-0.1, -0.05) is 52.8 Å². The number of rotatable bonds is 5. The Kier molecular flexibility index (Phi) is 5.34. The van der Waals surface area contributed by atoms with Gasteiger partial charge in [0, 0.05) is 6.42 Å². The Morgan fingerprint density at radius 3 is 2.37 bits per heavy atom. The molecule has 1 aromatic rings. The number of hydrogen-bond acceptors (Lipinski definition) is 1. The Morgan fingerprint density at radius 1 is 1.26 bits per heavy atom. The van der Waals surface area contributed by atoms with Crippen molar-refractivity contribution in [3.8, 4) is 0 Å². The molecule has 0 heterocycles. The molecule has 0 bridgehead atoms. The quantitative estimate of drug-likeness (QED) is 0.726. The topological polar surface area (TPSA) is 17.1 Å². The van der Waals surface area contributed by atoms with Gasteiger partial charge in [0.1, 0.15) is 5.78 Å². The van der Waals surface area contributed by atoms with E-state index in [4.69, 9.17) is 0 Å². The van der Waals surface area contributed by atoms with E-state index in [9.17, 15) is 4.79 Å². The van der Waals surface area contributed by atoms with E-state index < -0.39 is 0 Å². The zero-order chi connectivity index (χ0) is 14.6. The Bertz CT molecular complexity index is 437. The molecule has 0 aliphatic carbocycles. The van der Waals surface area contributed by atoms with Gasteiger partial charge in [0.15, 0.2) is 0 Å². The number of carbonyl (C=O) groups excluding carboxylic acids is 1. The predicted molar refractivity (Wildman–Crippen MR) is 82.9 cm³/mol. The molecule has 106 valence electrons. The Morgan fingerprint density at radius 2 is 1.89 bits per heavy atom. The molecular formula is C18H28O. The first kappa shape index (κ1) is 15.9. The van der Waals surface area contributed by atoms with Crippen molar-refractivity contribution >= 4 is 5.78 Å². The van der Waals surface area contributed by atoms with Crippen LogP contribution < -0.4 is 0 Å². The molecule has 1 heteroatoms. The van der Waals surface area contributed by atoms with Gasteiger partial charge in [-0.2, -0.15) is 0 Å². The van der Waals surface area contributed by atoms with Crippen LogP contribution in [0, 0.1) is 0 Å². The molecule has 19 heavy (non-hydrogen) atoms. The van der Waals surface area contributed by atoms with Crippen LogP contribution in [0.25, 0.3) is 0 Å². The molecule has 0 fully saturated rings. The van der Waals surface area contributed by atoms with Crippen molar-refractivity contribution in [3.63, 3.8) is 0 Å². The van der Waals surface area contributed by atoms with E-state index in [1.165, 1.54) is 16.7 Å². The van der Waals surface area contributed by atoms with E-state index in [1.54, 1.807) is 6.92 Å². The third-order valence-electron chi connectivity index (χ3n) is 3.85. The predicted octanol–water partition coefficient (Wildman–Crippen LogP) is 5.02. The van der Waals surface area contributed by atoms with E-state index in [0.717, 1.165) is 12.8 Å². The minimum absolute atomic E-state index is 0.182. The average Bonchev–Trinajstić information content (AvgIpc) is 2.33. The summed E-state index contributed by atoms with van der Waals surface area (Å²) < 4.78 is 0. The Labute approximate surface area is 118 Å². The van der Waals surface area contributed by atoms with Crippen molar-refractivity contribution < 1.29 is 4.79 Å². The summed E-state index contributed by atoms with van der Waals surface area (Å²) in [6, 6.07) is 6.86. The van der Waals surface area contributed by atoms with Gasteiger partial charge in [-0.05, 0) is 47.8 Å². The fraction of sp³-hybridized carbons (Fsp3) is 0.611. The van der Waals surface area contributed by atoms with Gasteiger partial charge in [0.05, 0.1) is 0 Å². The monoisotopic (exact) mass is 260 g/mol.